The molecule has 1 unspecified atom stereocenters. The number of likely N-dealkylation sites (tertiary alicyclic amines) is 1. The normalized spacial score (nSPS) is 28.8. The van der Waals surface area contributed by atoms with E-state index in [0.29, 0.717) is 32.4 Å². The van der Waals surface area contributed by atoms with Gasteiger partial charge in [0.1, 0.15) is 22.9 Å². The minimum absolute atomic E-state index is 0.117. The van der Waals surface area contributed by atoms with Crippen LogP contribution in [0, 0.1) is 11.3 Å². The lowest BCUT2D eigenvalue weighted by atomic mass is 9.92. The Morgan fingerprint density at radius 3 is 2.77 bits per heavy atom. The second-order valence-electron chi connectivity index (χ2n) is 9.12. The molecule has 4 aliphatic rings. The standard InChI is InChI=1S/C20H27F2N5O3/c1-18(21,22)9-14(17(29)25-19(11-23)6-7-19)24-16(28)15-10-20(30-26-15)5-2-8-27(12-20)13-3-4-13/h10,13-14,26H,2-9,12H2,1H3,(H,24,28)(H,25,29)/t14-,20?/m0/s1. The molecule has 164 valence electrons. The van der Waals surface area contributed by atoms with E-state index in [4.69, 9.17) is 10.1 Å². The van der Waals surface area contributed by atoms with Crippen molar-refractivity contribution < 1.29 is 23.2 Å². The maximum absolute atomic E-state index is 13.6. The molecule has 0 bridgehead atoms. The predicted octanol–water partition coefficient (Wildman–Crippen LogP) is 1.10. The Labute approximate surface area is 173 Å². The molecule has 2 aliphatic carbocycles. The van der Waals surface area contributed by atoms with E-state index in [9.17, 15) is 18.4 Å². The molecule has 0 aromatic carbocycles. The third kappa shape index (κ3) is 4.73. The molecule has 8 nitrogen and oxygen atoms in total. The van der Waals surface area contributed by atoms with Gasteiger partial charge in [0, 0.05) is 19.0 Å². The van der Waals surface area contributed by atoms with Gasteiger partial charge in [0.05, 0.1) is 6.07 Å². The van der Waals surface area contributed by atoms with Gasteiger partial charge in [0.25, 0.3) is 5.91 Å². The fourth-order valence-corrected chi connectivity index (χ4v) is 4.14. The van der Waals surface area contributed by atoms with Crippen molar-refractivity contribution in [1.29, 1.82) is 5.26 Å². The fraction of sp³-hybridized carbons (Fsp3) is 0.750. The zero-order valence-corrected chi connectivity index (χ0v) is 17.0. The number of hydrogen-bond donors (Lipinski definition) is 3. The molecule has 0 radical (unpaired) electrons. The van der Waals surface area contributed by atoms with Crippen LogP contribution in [0.2, 0.25) is 0 Å². The molecule has 2 saturated carbocycles. The van der Waals surface area contributed by atoms with E-state index in [1.54, 1.807) is 6.08 Å². The Morgan fingerprint density at radius 2 is 2.17 bits per heavy atom. The quantitative estimate of drug-likeness (QED) is 0.566. The van der Waals surface area contributed by atoms with Gasteiger partial charge in [0.15, 0.2) is 0 Å². The smallest absolute Gasteiger partial charge is 0.270 e. The summed E-state index contributed by atoms with van der Waals surface area (Å²) in [4.78, 5) is 33.3. The highest BCUT2D eigenvalue weighted by Crippen LogP contribution is 2.37. The number of nitrogens with one attached hydrogen (secondary N) is 3. The van der Waals surface area contributed by atoms with Crippen molar-refractivity contribution in [2.24, 2.45) is 0 Å². The van der Waals surface area contributed by atoms with E-state index in [1.165, 1.54) is 12.8 Å². The first-order valence-electron chi connectivity index (χ1n) is 10.5. The van der Waals surface area contributed by atoms with Gasteiger partial charge in [-0.3, -0.25) is 24.8 Å². The lowest BCUT2D eigenvalue weighted by Crippen LogP contribution is -2.52. The Morgan fingerprint density at radius 1 is 1.43 bits per heavy atom. The van der Waals surface area contributed by atoms with Gasteiger partial charge in [-0.25, -0.2) is 8.78 Å². The summed E-state index contributed by atoms with van der Waals surface area (Å²) in [6.45, 7) is 2.36. The Bertz CT molecular complexity index is 797. The van der Waals surface area contributed by atoms with Crippen LogP contribution < -0.4 is 16.1 Å². The van der Waals surface area contributed by atoms with E-state index in [-0.39, 0.29) is 5.70 Å². The first-order valence-corrected chi connectivity index (χ1v) is 10.5. The number of nitriles is 1. The number of halogens is 2. The highest BCUT2D eigenvalue weighted by atomic mass is 19.3. The summed E-state index contributed by atoms with van der Waals surface area (Å²) in [5.74, 6) is -4.63. The van der Waals surface area contributed by atoms with Gasteiger partial charge < -0.3 is 10.6 Å². The Kier molecular flexibility index (Phi) is 5.22. The third-order valence-corrected chi connectivity index (χ3v) is 6.11. The molecule has 1 spiro atoms. The van der Waals surface area contributed by atoms with Crippen molar-refractivity contribution in [3.63, 3.8) is 0 Å². The molecule has 2 atom stereocenters. The molecule has 0 aromatic rings. The largest absolute Gasteiger partial charge is 0.339 e. The van der Waals surface area contributed by atoms with E-state index in [0.717, 1.165) is 19.4 Å². The molecule has 4 rings (SSSR count). The minimum atomic E-state index is -3.16. The van der Waals surface area contributed by atoms with Gasteiger partial charge in [-0.05, 0) is 58.1 Å². The summed E-state index contributed by atoms with van der Waals surface area (Å²) in [6.07, 6.45) is 5.82. The van der Waals surface area contributed by atoms with Crippen LogP contribution in [0.1, 0.15) is 51.9 Å². The number of hydrogen-bond acceptors (Lipinski definition) is 6. The number of rotatable bonds is 7. The van der Waals surface area contributed by atoms with E-state index in [2.05, 4.69) is 21.0 Å². The lowest BCUT2D eigenvalue weighted by molar-refractivity contribution is -0.131. The zero-order valence-electron chi connectivity index (χ0n) is 17.0. The number of carbonyl (C=O) groups excluding carboxylic acids is 2. The predicted molar refractivity (Wildman–Crippen MR) is 102 cm³/mol. The molecule has 1 saturated heterocycles. The average molecular weight is 423 g/mol. The lowest BCUT2D eigenvalue weighted by Gasteiger charge is -2.37. The highest BCUT2D eigenvalue weighted by molar-refractivity contribution is 5.97. The summed E-state index contributed by atoms with van der Waals surface area (Å²) in [5, 5.41) is 14.0. The SMILES string of the molecule is CC(F)(F)C[C@H](NC(=O)C1=CC2(CCCN(C3CC3)C2)ON1)C(=O)NC1(C#N)CC1. The minimum Gasteiger partial charge on any atom is -0.339 e. The second-order valence-corrected chi connectivity index (χ2v) is 9.12. The number of alkyl halides is 2. The molecular formula is C20H27F2N5O3. The molecule has 10 heteroatoms. The molecule has 2 aliphatic heterocycles. The van der Waals surface area contributed by atoms with Crippen LogP contribution in [-0.2, 0) is 14.4 Å². The van der Waals surface area contributed by atoms with Crippen LogP contribution in [0.5, 0.6) is 0 Å². The number of piperidine rings is 1. The van der Waals surface area contributed by atoms with Gasteiger partial charge in [-0.15, -0.1) is 0 Å². The van der Waals surface area contributed by atoms with Gasteiger partial charge in [0.2, 0.25) is 11.8 Å². The van der Waals surface area contributed by atoms with Crippen LogP contribution in [0.25, 0.3) is 0 Å². The van der Waals surface area contributed by atoms with Crippen molar-refractivity contribution in [3.8, 4) is 6.07 Å². The highest BCUT2D eigenvalue weighted by Gasteiger charge is 2.47. The number of amides is 2. The summed E-state index contributed by atoms with van der Waals surface area (Å²) in [7, 11) is 0. The summed E-state index contributed by atoms with van der Waals surface area (Å²) in [5.41, 5.74) is 1.11. The van der Waals surface area contributed by atoms with Crippen molar-refractivity contribution in [2.45, 2.75) is 81.0 Å². The van der Waals surface area contributed by atoms with Crippen LogP contribution in [-0.4, -0.2) is 58.9 Å². The van der Waals surface area contributed by atoms with Crippen molar-refractivity contribution in [3.05, 3.63) is 11.8 Å². The first kappa shape index (κ1) is 21.0. The summed E-state index contributed by atoms with van der Waals surface area (Å²) >= 11 is 0. The van der Waals surface area contributed by atoms with Crippen molar-refractivity contribution >= 4 is 11.8 Å². The maximum Gasteiger partial charge on any atom is 0.270 e. The molecule has 2 amide bonds. The fourth-order valence-electron chi connectivity index (χ4n) is 4.14. The van der Waals surface area contributed by atoms with Crippen molar-refractivity contribution in [2.75, 3.05) is 13.1 Å². The maximum atomic E-state index is 13.6. The van der Waals surface area contributed by atoms with Crippen LogP contribution in [0.4, 0.5) is 8.78 Å². The Balaban J connectivity index is 1.42. The van der Waals surface area contributed by atoms with Gasteiger partial charge in [-0.2, -0.15) is 5.26 Å². The molecule has 2 heterocycles. The number of carbonyl (C=O) groups is 2. The number of nitrogens with zero attached hydrogens (tertiary/aromatic N) is 2. The molecule has 0 aromatic heterocycles. The summed E-state index contributed by atoms with van der Waals surface area (Å²) < 4.78 is 27.3. The molecule has 3 fully saturated rings. The average Bonchev–Trinajstić information content (AvgIpc) is 3.60. The topological polar surface area (TPSA) is 106 Å². The molecule has 30 heavy (non-hydrogen) atoms. The molecule has 3 N–H and O–H groups in total. The van der Waals surface area contributed by atoms with Crippen LogP contribution in [0.15, 0.2) is 11.8 Å². The second kappa shape index (κ2) is 7.46. The van der Waals surface area contributed by atoms with Crippen LogP contribution >= 0.6 is 0 Å². The monoisotopic (exact) mass is 423 g/mol. The van der Waals surface area contributed by atoms with E-state index < -0.39 is 41.3 Å². The third-order valence-electron chi connectivity index (χ3n) is 6.11. The number of hydroxylamine groups is 1. The van der Waals surface area contributed by atoms with E-state index >= 15 is 0 Å². The zero-order chi connectivity index (χ0) is 21.6. The summed E-state index contributed by atoms with van der Waals surface area (Å²) in [6, 6.07) is 1.10. The van der Waals surface area contributed by atoms with Gasteiger partial charge >= 0.3 is 0 Å². The van der Waals surface area contributed by atoms with Crippen LogP contribution in [0.3, 0.4) is 0 Å². The Hall–Kier alpha value is -2.25. The van der Waals surface area contributed by atoms with Crippen molar-refractivity contribution in [1.82, 2.24) is 21.0 Å². The molecular weight excluding hydrogens is 396 g/mol. The first-order chi connectivity index (χ1) is 14.1. The van der Waals surface area contributed by atoms with Gasteiger partial charge in [-0.1, -0.05) is 0 Å². The van der Waals surface area contributed by atoms with E-state index in [1.807, 2.05) is 6.07 Å².